The van der Waals surface area contributed by atoms with E-state index in [0.717, 1.165) is 6.08 Å². The fourth-order valence-corrected chi connectivity index (χ4v) is 2.55. The SMILES string of the molecule is O=C(O)/C=C/c1ccc(S(=O)(=O)Nc2ccccn2)cc1. The van der Waals surface area contributed by atoms with Crippen molar-refractivity contribution >= 4 is 27.9 Å². The lowest BCUT2D eigenvalue weighted by Gasteiger charge is -2.07. The van der Waals surface area contributed by atoms with Crippen molar-refractivity contribution in [2.45, 2.75) is 4.90 Å². The predicted molar refractivity (Wildman–Crippen MR) is 78.2 cm³/mol. The van der Waals surface area contributed by atoms with Crippen LogP contribution in [0.4, 0.5) is 5.82 Å². The molecule has 0 atom stereocenters. The van der Waals surface area contributed by atoms with Gasteiger partial charge in [0.15, 0.2) is 0 Å². The van der Waals surface area contributed by atoms with Crippen LogP contribution in [0.3, 0.4) is 0 Å². The lowest BCUT2D eigenvalue weighted by Crippen LogP contribution is -2.13. The highest BCUT2D eigenvalue weighted by Gasteiger charge is 2.14. The lowest BCUT2D eigenvalue weighted by atomic mass is 10.2. The normalized spacial score (nSPS) is 11.4. The summed E-state index contributed by atoms with van der Waals surface area (Å²) < 4.78 is 26.6. The standard InChI is InChI=1S/C14H12N2O4S/c17-14(18)9-6-11-4-7-12(8-5-11)21(19,20)16-13-3-1-2-10-15-13/h1-10H,(H,15,16)(H,17,18)/b9-6+. The number of hydrogen-bond acceptors (Lipinski definition) is 4. The second kappa shape index (κ2) is 6.19. The van der Waals surface area contributed by atoms with Crippen LogP contribution in [0.2, 0.25) is 0 Å². The molecule has 21 heavy (non-hydrogen) atoms. The van der Waals surface area contributed by atoms with Crippen LogP contribution < -0.4 is 4.72 Å². The number of hydrogen-bond donors (Lipinski definition) is 2. The number of sulfonamides is 1. The van der Waals surface area contributed by atoms with Gasteiger partial charge in [0.1, 0.15) is 5.82 Å². The smallest absolute Gasteiger partial charge is 0.328 e. The third-order valence-electron chi connectivity index (χ3n) is 2.51. The van der Waals surface area contributed by atoms with Crippen LogP contribution >= 0.6 is 0 Å². The molecule has 7 heteroatoms. The minimum Gasteiger partial charge on any atom is -0.478 e. The van der Waals surface area contributed by atoms with Crippen LogP contribution in [0.5, 0.6) is 0 Å². The molecular weight excluding hydrogens is 292 g/mol. The molecular formula is C14H12N2O4S. The maximum Gasteiger partial charge on any atom is 0.328 e. The largest absolute Gasteiger partial charge is 0.478 e. The molecule has 1 heterocycles. The molecule has 2 rings (SSSR count). The monoisotopic (exact) mass is 304 g/mol. The summed E-state index contributed by atoms with van der Waals surface area (Å²) in [4.78, 5) is 14.4. The first-order chi connectivity index (χ1) is 9.97. The average Bonchev–Trinajstić information content (AvgIpc) is 2.46. The summed E-state index contributed by atoms with van der Waals surface area (Å²) in [5.74, 6) is -0.837. The van der Waals surface area contributed by atoms with Crippen molar-refractivity contribution in [3.63, 3.8) is 0 Å². The van der Waals surface area contributed by atoms with Crippen molar-refractivity contribution < 1.29 is 18.3 Å². The van der Waals surface area contributed by atoms with E-state index in [1.807, 2.05) is 0 Å². The van der Waals surface area contributed by atoms with Gasteiger partial charge in [-0.05, 0) is 35.9 Å². The summed E-state index contributed by atoms with van der Waals surface area (Å²) in [7, 11) is -3.71. The summed E-state index contributed by atoms with van der Waals surface area (Å²) in [5, 5.41) is 8.52. The van der Waals surface area contributed by atoms with E-state index >= 15 is 0 Å². The Balaban J connectivity index is 2.19. The number of carboxylic acid groups (broad SMARTS) is 1. The van der Waals surface area contributed by atoms with Gasteiger partial charge in [0.05, 0.1) is 4.90 Å². The van der Waals surface area contributed by atoms with E-state index in [4.69, 9.17) is 5.11 Å². The van der Waals surface area contributed by atoms with Gasteiger partial charge in [-0.2, -0.15) is 0 Å². The number of benzene rings is 1. The van der Waals surface area contributed by atoms with Gasteiger partial charge in [-0.15, -0.1) is 0 Å². The van der Waals surface area contributed by atoms with E-state index in [0.29, 0.717) is 5.56 Å². The second-order valence-corrected chi connectivity index (χ2v) is 5.74. The Kier molecular flexibility index (Phi) is 4.34. The Bertz CT molecular complexity index is 753. The molecule has 0 fully saturated rings. The van der Waals surface area contributed by atoms with Gasteiger partial charge in [0.25, 0.3) is 10.0 Å². The van der Waals surface area contributed by atoms with Crippen molar-refractivity contribution in [3.05, 3.63) is 60.3 Å². The molecule has 6 nitrogen and oxygen atoms in total. The quantitative estimate of drug-likeness (QED) is 0.823. The van der Waals surface area contributed by atoms with Gasteiger partial charge in [-0.25, -0.2) is 18.2 Å². The lowest BCUT2D eigenvalue weighted by molar-refractivity contribution is -0.131. The number of carbonyl (C=O) groups is 1. The van der Waals surface area contributed by atoms with E-state index in [1.54, 1.807) is 18.2 Å². The van der Waals surface area contributed by atoms with Gasteiger partial charge in [0.2, 0.25) is 0 Å². The Morgan fingerprint density at radius 1 is 1.14 bits per heavy atom. The van der Waals surface area contributed by atoms with Gasteiger partial charge < -0.3 is 5.11 Å². The number of rotatable bonds is 5. The molecule has 0 spiro atoms. The number of pyridine rings is 1. The average molecular weight is 304 g/mol. The Morgan fingerprint density at radius 2 is 1.86 bits per heavy atom. The van der Waals surface area contributed by atoms with Crippen LogP contribution in [0.25, 0.3) is 6.08 Å². The van der Waals surface area contributed by atoms with E-state index in [1.165, 1.54) is 36.5 Å². The third-order valence-corrected chi connectivity index (χ3v) is 3.88. The first-order valence-corrected chi connectivity index (χ1v) is 7.41. The highest BCUT2D eigenvalue weighted by molar-refractivity contribution is 7.92. The topological polar surface area (TPSA) is 96.4 Å². The van der Waals surface area contributed by atoms with Crippen molar-refractivity contribution in [2.75, 3.05) is 4.72 Å². The maximum atomic E-state index is 12.1. The van der Waals surface area contributed by atoms with Crippen molar-refractivity contribution in [3.8, 4) is 0 Å². The molecule has 0 aliphatic rings. The minimum absolute atomic E-state index is 0.0700. The highest BCUT2D eigenvalue weighted by atomic mass is 32.2. The molecule has 0 aliphatic heterocycles. The highest BCUT2D eigenvalue weighted by Crippen LogP contribution is 2.15. The fraction of sp³-hybridized carbons (Fsp3) is 0. The first kappa shape index (κ1) is 14.7. The number of nitrogens with zero attached hydrogens (tertiary/aromatic N) is 1. The Hall–Kier alpha value is -2.67. The molecule has 1 aromatic carbocycles. The third kappa shape index (κ3) is 4.15. The summed E-state index contributed by atoms with van der Waals surface area (Å²) in [6.07, 6.45) is 3.85. The second-order valence-electron chi connectivity index (χ2n) is 4.06. The molecule has 0 amide bonds. The summed E-state index contributed by atoms with van der Waals surface area (Å²) >= 11 is 0. The zero-order valence-corrected chi connectivity index (χ0v) is 11.6. The fourth-order valence-electron chi connectivity index (χ4n) is 1.55. The molecule has 0 bridgehead atoms. The molecule has 2 N–H and O–H groups in total. The first-order valence-electron chi connectivity index (χ1n) is 5.92. The van der Waals surface area contributed by atoms with Crippen LogP contribution in [-0.2, 0) is 14.8 Å². The van der Waals surface area contributed by atoms with Gasteiger partial charge in [-0.1, -0.05) is 18.2 Å². The molecule has 0 unspecified atom stereocenters. The van der Waals surface area contributed by atoms with E-state index in [9.17, 15) is 13.2 Å². The molecule has 1 aromatic heterocycles. The van der Waals surface area contributed by atoms with E-state index in [-0.39, 0.29) is 10.7 Å². The van der Waals surface area contributed by atoms with Crippen molar-refractivity contribution in [1.82, 2.24) is 4.98 Å². The molecule has 0 saturated heterocycles. The number of aromatic nitrogens is 1. The molecule has 2 aromatic rings. The van der Waals surface area contributed by atoms with E-state index in [2.05, 4.69) is 9.71 Å². The molecule has 108 valence electrons. The van der Waals surface area contributed by atoms with Crippen LogP contribution in [-0.4, -0.2) is 24.5 Å². The van der Waals surface area contributed by atoms with Gasteiger partial charge in [0, 0.05) is 12.3 Å². The maximum absolute atomic E-state index is 12.1. The Morgan fingerprint density at radius 3 is 2.43 bits per heavy atom. The molecule has 0 radical (unpaired) electrons. The zero-order valence-electron chi connectivity index (χ0n) is 10.8. The Labute approximate surface area is 121 Å². The number of nitrogens with one attached hydrogen (secondary N) is 1. The van der Waals surface area contributed by atoms with Crippen LogP contribution in [0.1, 0.15) is 5.56 Å². The van der Waals surface area contributed by atoms with Crippen LogP contribution in [0, 0.1) is 0 Å². The zero-order chi connectivity index (χ0) is 15.3. The number of anilines is 1. The number of carboxylic acids is 1. The van der Waals surface area contributed by atoms with Gasteiger partial charge in [-0.3, -0.25) is 4.72 Å². The molecule has 0 saturated carbocycles. The summed E-state index contributed by atoms with van der Waals surface area (Å²) in [6.45, 7) is 0. The van der Waals surface area contributed by atoms with Crippen molar-refractivity contribution in [2.24, 2.45) is 0 Å². The van der Waals surface area contributed by atoms with Crippen LogP contribution in [0.15, 0.2) is 59.6 Å². The predicted octanol–water partition coefficient (Wildman–Crippen LogP) is 1.98. The molecule has 0 aliphatic carbocycles. The van der Waals surface area contributed by atoms with Crippen molar-refractivity contribution in [1.29, 1.82) is 0 Å². The number of aliphatic carboxylic acids is 1. The van der Waals surface area contributed by atoms with Gasteiger partial charge >= 0.3 is 5.97 Å². The summed E-state index contributed by atoms with van der Waals surface area (Å²) in [5.41, 5.74) is 0.592. The summed E-state index contributed by atoms with van der Waals surface area (Å²) in [6, 6.07) is 10.7. The minimum atomic E-state index is -3.71. The van der Waals surface area contributed by atoms with E-state index < -0.39 is 16.0 Å².